The predicted molar refractivity (Wildman–Crippen MR) is 81.5 cm³/mol. The molecular formula is C15H16N2O2S. The molecule has 0 bridgehead atoms. The summed E-state index contributed by atoms with van der Waals surface area (Å²) in [6, 6.07) is 12.3. The fourth-order valence-electron chi connectivity index (χ4n) is 1.86. The zero-order valence-electron chi connectivity index (χ0n) is 11.1. The smallest absolute Gasteiger partial charge is 0.287 e. The molecule has 3 N–H and O–H groups in total. The van der Waals surface area contributed by atoms with Crippen LogP contribution in [0.15, 0.2) is 46.9 Å². The molecule has 4 nitrogen and oxygen atoms in total. The van der Waals surface area contributed by atoms with Gasteiger partial charge in [0.15, 0.2) is 5.76 Å². The highest BCUT2D eigenvalue weighted by Crippen LogP contribution is 2.15. The summed E-state index contributed by atoms with van der Waals surface area (Å²) in [7, 11) is 0. The summed E-state index contributed by atoms with van der Waals surface area (Å²) < 4.78 is 5.41. The molecule has 1 aromatic heterocycles. The summed E-state index contributed by atoms with van der Waals surface area (Å²) >= 11 is 5.03. The number of benzene rings is 1. The van der Waals surface area contributed by atoms with E-state index in [9.17, 15) is 4.79 Å². The van der Waals surface area contributed by atoms with E-state index in [0.717, 1.165) is 17.7 Å². The van der Waals surface area contributed by atoms with E-state index in [-0.39, 0.29) is 16.7 Å². The maximum atomic E-state index is 12.1. The summed E-state index contributed by atoms with van der Waals surface area (Å²) in [5.74, 6) is 0.701. The van der Waals surface area contributed by atoms with Crippen LogP contribution in [0.2, 0.25) is 0 Å². The van der Waals surface area contributed by atoms with Crippen LogP contribution in [-0.4, -0.2) is 10.9 Å². The van der Waals surface area contributed by atoms with Gasteiger partial charge in [-0.15, -0.1) is 0 Å². The average molecular weight is 288 g/mol. The van der Waals surface area contributed by atoms with Crippen molar-refractivity contribution >= 4 is 23.1 Å². The molecule has 0 aliphatic heterocycles. The van der Waals surface area contributed by atoms with Crippen molar-refractivity contribution in [2.24, 2.45) is 5.73 Å². The van der Waals surface area contributed by atoms with Gasteiger partial charge >= 0.3 is 0 Å². The first-order valence-corrected chi connectivity index (χ1v) is 6.76. The Bertz CT molecular complexity index is 607. The molecule has 0 saturated heterocycles. The summed E-state index contributed by atoms with van der Waals surface area (Å²) in [5.41, 5.74) is 6.56. The molecule has 1 amide bonds. The number of thiocarbonyl (C=S) groups is 1. The number of carbonyl (C=O) groups excluding carboxylic acids is 1. The molecule has 0 radical (unpaired) electrons. The fraction of sp³-hybridized carbons (Fsp3) is 0.200. The Morgan fingerprint density at radius 3 is 2.55 bits per heavy atom. The average Bonchev–Trinajstić information content (AvgIpc) is 2.94. The van der Waals surface area contributed by atoms with Crippen LogP contribution in [0, 0.1) is 0 Å². The van der Waals surface area contributed by atoms with Gasteiger partial charge in [0.05, 0.1) is 0 Å². The number of aryl methyl sites for hydroxylation is 1. The largest absolute Gasteiger partial charge is 0.456 e. The molecule has 1 atom stereocenters. The van der Waals surface area contributed by atoms with E-state index in [1.54, 1.807) is 12.1 Å². The molecule has 2 rings (SSSR count). The second kappa shape index (κ2) is 6.34. The van der Waals surface area contributed by atoms with Gasteiger partial charge in [-0.2, -0.15) is 0 Å². The Kier molecular flexibility index (Phi) is 4.53. The van der Waals surface area contributed by atoms with Crippen LogP contribution in [0.25, 0.3) is 0 Å². The minimum Gasteiger partial charge on any atom is -0.456 e. The van der Waals surface area contributed by atoms with Crippen molar-refractivity contribution in [2.45, 2.75) is 19.4 Å². The number of hydrogen-bond donors (Lipinski definition) is 2. The zero-order chi connectivity index (χ0) is 14.5. The molecule has 0 fully saturated rings. The van der Waals surface area contributed by atoms with Crippen LogP contribution < -0.4 is 11.1 Å². The van der Waals surface area contributed by atoms with Gasteiger partial charge < -0.3 is 15.5 Å². The minimum atomic E-state index is -0.506. The molecule has 5 heteroatoms. The molecule has 0 aliphatic carbocycles. The third-order valence-corrected chi connectivity index (χ3v) is 3.16. The van der Waals surface area contributed by atoms with Crippen LogP contribution in [0.4, 0.5) is 0 Å². The Morgan fingerprint density at radius 2 is 2.00 bits per heavy atom. The van der Waals surface area contributed by atoms with Gasteiger partial charge in [-0.05, 0) is 17.7 Å². The number of amides is 1. The first kappa shape index (κ1) is 14.3. The van der Waals surface area contributed by atoms with E-state index in [1.807, 2.05) is 37.3 Å². The van der Waals surface area contributed by atoms with E-state index in [4.69, 9.17) is 22.4 Å². The van der Waals surface area contributed by atoms with E-state index in [1.165, 1.54) is 0 Å². The topological polar surface area (TPSA) is 68.3 Å². The van der Waals surface area contributed by atoms with Crippen LogP contribution in [0.1, 0.15) is 34.8 Å². The van der Waals surface area contributed by atoms with Crippen LogP contribution in [0.3, 0.4) is 0 Å². The third kappa shape index (κ3) is 3.24. The van der Waals surface area contributed by atoms with Crippen molar-refractivity contribution in [3.8, 4) is 0 Å². The Hall–Kier alpha value is -2.14. The second-order valence-corrected chi connectivity index (χ2v) is 4.81. The lowest BCUT2D eigenvalue weighted by atomic mass is 10.1. The fourth-order valence-corrected chi connectivity index (χ4v) is 2.05. The highest BCUT2D eigenvalue weighted by atomic mass is 32.1. The van der Waals surface area contributed by atoms with E-state index < -0.39 is 6.04 Å². The highest BCUT2D eigenvalue weighted by molar-refractivity contribution is 7.80. The predicted octanol–water partition coefficient (Wildman–Crippen LogP) is 2.60. The lowest BCUT2D eigenvalue weighted by Gasteiger charge is -2.17. The summed E-state index contributed by atoms with van der Waals surface area (Å²) in [4.78, 5) is 12.4. The minimum absolute atomic E-state index is 0.215. The lowest BCUT2D eigenvalue weighted by molar-refractivity contribution is 0.0917. The van der Waals surface area contributed by atoms with E-state index in [0.29, 0.717) is 0 Å². The molecule has 1 aromatic carbocycles. The van der Waals surface area contributed by atoms with Crippen LogP contribution in [-0.2, 0) is 6.42 Å². The van der Waals surface area contributed by atoms with Gasteiger partial charge in [0.1, 0.15) is 16.8 Å². The number of nitrogens with two attached hydrogens (primary N) is 1. The SMILES string of the molecule is CCc1ccc(C(=O)NC(C(N)=S)c2ccccc2)o1. The molecule has 1 unspecified atom stereocenters. The van der Waals surface area contributed by atoms with Crippen molar-refractivity contribution in [3.63, 3.8) is 0 Å². The molecular weight excluding hydrogens is 272 g/mol. The third-order valence-electron chi connectivity index (χ3n) is 2.93. The van der Waals surface area contributed by atoms with Crippen molar-refractivity contribution < 1.29 is 9.21 Å². The summed E-state index contributed by atoms with van der Waals surface area (Å²) in [6.45, 7) is 1.96. The van der Waals surface area contributed by atoms with Gasteiger partial charge in [0.25, 0.3) is 5.91 Å². The molecule has 0 saturated carbocycles. The molecule has 2 aromatic rings. The summed E-state index contributed by atoms with van der Waals surface area (Å²) in [6.07, 6.45) is 0.741. The maximum absolute atomic E-state index is 12.1. The quantitative estimate of drug-likeness (QED) is 0.830. The normalized spacial score (nSPS) is 11.8. The second-order valence-electron chi connectivity index (χ2n) is 4.34. The highest BCUT2D eigenvalue weighted by Gasteiger charge is 2.19. The first-order chi connectivity index (χ1) is 9.61. The van der Waals surface area contributed by atoms with Crippen LogP contribution in [0.5, 0.6) is 0 Å². The number of hydrogen-bond acceptors (Lipinski definition) is 3. The maximum Gasteiger partial charge on any atom is 0.287 e. The van der Waals surface area contributed by atoms with Gasteiger partial charge in [0, 0.05) is 6.42 Å². The summed E-state index contributed by atoms with van der Waals surface area (Å²) in [5, 5.41) is 2.79. The lowest BCUT2D eigenvalue weighted by Crippen LogP contribution is -2.36. The Labute approximate surface area is 123 Å². The van der Waals surface area contributed by atoms with Crippen molar-refractivity contribution in [2.75, 3.05) is 0 Å². The molecule has 0 aliphatic rings. The number of furan rings is 1. The molecule has 104 valence electrons. The van der Waals surface area contributed by atoms with Crippen molar-refractivity contribution in [1.82, 2.24) is 5.32 Å². The van der Waals surface area contributed by atoms with Gasteiger partial charge in [-0.1, -0.05) is 49.5 Å². The number of nitrogens with one attached hydrogen (secondary N) is 1. The van der Waals surface area contributed by atoms with Crippen molar-refractivity contribution in [1.29, 1.82) is 0 Å². The van der Waals surface area contributed by atoms with E-state index >= 15 is 0 Å². The Balaban J connectivity index is 2.16. The first-order valence-electron chi connectivity index (χ1n) is 6.35. The standard InChI is InChI=1S/C15H16N2O2S/c1-2-11-8-9-12(19-11)15(18)17-13(14(16)20)10-6-4-3-5-7-10/h3-9,13H,2H2,1H3,(H2,16,20)(H,17,18). The van der Waals surface area contributed by atoms with Crippen LogP contribution >= 0.6 is 12.2 Å². The van der Waals surface area contributed by atoms with Gasteiger partial charge in [-0.25, -0.2) is 0 Å². The molecule has 1 heterocycles. The van der Waals surface area contributed by atoms with Crippen molar-refractivity contribution in [3.05, 3.63) is 59.5 Å². The van der Waals surface area contributed by atoms with Gasteiger partial charge in [-0.3, -0.25) is 4.79 Å². The van der Waals surface area contributed by atoms with Gasteiger partial charge in [0.2, 0.25) is 0 Å². The zero-order valence-corrected chi connectivity index (χ0v) is 11.9. The van der Waals surface area contributed by atoms with E-state index in [2.05, 4.69) is 5.32 Å². The Morgan fingerprint density at radius 1 is 1.30 bits per heavy atom. The molecule has 0 spiro atoms. The number of carbonyl (C=O) groups is 1. The number of rotatable bonds is 5. The monoisotopic (exact) mass is 288 g/mol. The molecule has 20 heavy (non-hydrogen) atoms.